The molecule has 0 spiro atoms. The second-order valence-electron chi connectivity index (χ2n) is 4.17. The van der Waals surface area contributed by atoms with Crippen molar-refractivity contribution in [2.45, 2.75) is 24.9 Å². The number of hydrogen-bond acceptors (Lipinski definition) is 3. The number of β-amino-alcohol motifs (C(OH)–C–C–N with tert-alkyl or cyclic N) is 1. The molecule has 0 radical (unpaired) electrons. The van der Waals surface area contributed by atoms with E-state index in [1.54, 1.807) is 6.07 Å². The molecule has 1 saturated heterocycles. The highest BCUT2D eigenvalue weighted by atomic mass is 19.1. The summed E-state index contributed by atoms with van der Waals surface area (Å²) in [5, 5.41) is 13.4. The molecule has 1 aliphatic heterocycles. The molecule has 4 heteroatoms. The maximum atomic E-state index is 12.6. The van der Waals surface area contributed by atoms with Crippen molar-refractivity contribution < 1.29 is 9.50 Å². The molecule has 1 aromatic rings. The van der Waals surface area contributed by atoms with Crippen molar-refractivity contribution in [1.29, 1.82) is 0 Å². The van der Waals surface area contributed by atoms with Crippen molar-refractivity contribution >= 4 is 0 Å². The lowest BCUT2D eigenvalue weighted by atomic mass is 9.88. The Morgan fingerprint density at radius 3 is 3.00 bits per heavy atom. The van der Waals surface area contributed by atoms with E-state index in [0.29, 0.717) is 13.0 Å². The minimum atomic E-state index is -0.697. The van der Waals surface area contributed by atoms with E-state index in [9.17, 15) is 9.50 Å². The second kappa shape index (κ2) is 4.24. The molecule has 0 bridgehead atoms. The van der Waals surface area contributed by atoms with Crippen LogP contribution in [0.15, 0.2) is 18.3 Å². The normalized spacial score (nSPS) is 26.5. The van der Waals surface area contributed by atoms with Crippen molar-refractivity contribution in [2.24, 2.45) is 0 Å². The quantitative estimate of drug-likeness (QED) is 0.712. The molecule has 2 N–H and O–H groups in total. The Bertz CT molecular complexity index is 320. The summed E-state index contributed by atoms with van der Waals surface area (Å²) >= 11 is 0. The monoisotopic (exact) mass is 210 g/mol. The SMILES string of the molecule is OC1(Cc2ccc(F)nc2)CCCNC1. The molecule has 15 heavy (non-hydrogen) atoms. The fourth-order valence-electron chi connectivity index (χ4n) is 1.99. The number of nitrogens with zero attached hydrogens (tertiary/aromatic N) is 1. The number of halogens is 1. The lowest BCUT2D eigenvalue weighted by Crippen LogP contribution is -2.47. The molecule has 0 amide bonds. The Morgan fingerprint density at radius 2 is 2.40 bits per heavy atom. The molecule has 0 aliphatic carbocycles. The van der Waals surface area contributed by atoms with Crippen LogP contribution in [-0.2, 0) is 6.42 Å². The van der Waals surface area contributed by atoms with Gasteiger partial charge in [0.1, 0.15) is 0 Å². The number of pyridine rings is 1. The molecule has 2 rings (SSSR count). The first-order valence-corrected chi connectivity index (χ1v) is 5.22. The molecule has 1 aromatic heterocycles. The molecular weight excluding hydrogens is 195 g/mol. The van der Waals surface area contributed by atoms with Gasteiger partial charge in [-0.3, -0.25) is 0 Å². The van der Waals surface area contributed by atoms with Gasteiger partial charge in [-0.2, -0.15) is 4.39 Å². The zero-order chi connectivity index (χ0) is 10.7. The number of rotatable bonds is 2. The highest BCUT2D eigenvalue weighted by Gasteiger charge is 2.29. The van der Waals surface area contributed by atoms with Gasteiger partial charge in [0.2, 0.25) is 5.95 Å². The van der Waals surface area contributed by atoms with Crippen LogP contribution in [0.5, 0.6) is 0 Å². The fraction of sp³-hybridized carbons (Fsp3) is 0.545. The van der Waals surface area contributed by atoms with Crippen molar-refractivity contribution in [3.8, 4) is 0 Å². The Balaban J connectivity index is 2.03. The van der Waals surface area contributed by atoms with Crippen LogP contribution >= 0.6 is 0 Å². The van der Waals surface area contributed by atoms with Gasteiger partial charge in [-0.15, -0.1) is 0 Å². The molecule has 3 nitrogen and oxygen atoms in total. The van der Waals surface area contributed by atoms with Crippen LogP contribution in [0, 0.1) is 5.95 Å². The highest BCUT2D eigenvalue weighted by Crippen LogP contribution is 2.20. The lowest BCUT2D eigenvalue weighted by Gasteiger charge is -2.32. The third-order valence-corrected chi connectivity index (χ3v) is 2.77. The molecule has 0 aromatic carbocycles. The summed E-state index contributed by atoms with van der Waals surface area (Å²) in [5.74, 6) is -0.479. The standard InChI is InChI=1S/C11H15FN2O/c12-10-3-2-9(7-14-10)6-11(15)4-1-5-13-8-11/h2-3,7,13,15H,1,4-6,8H2. The maximum Gasteiger partial charge on any atom is 0.212 e. The minimum Gasteiger partial charge on any atom is -0.388 e. The Morgan fingerprint density at radius 1 is 1.53 bits per heavy atom. The maximum absolute atomic E-state index is 12.6. The van der Waals surface area contributed by atoms with Gasteiger partial charge >= 0.3 is 0 Å². The smallest absolute Gasteiger partial charge is 0.212 e. The average molecular weight is 210 g/mol. The molecule has 1 fully saturated rings. The van der Waals surface area contributed by atoms with E-state index in [4.69, 9.17) is 0 Å². The van der Waals surface area contributed by atoms with Gasteiger partial charge in [0.25, 0.3) is 0 Å². The van der Waals surface area contributed by atoms with Gasteiger partial charge in [-0.1, -0.05) is 6.07 Å². The Labute approximate surface area is 88.3 Å². The predicted molar refractivity (Wildman–Crippen MR) is 55.0 cm³/mol. The van der Waals surface area contributed by atoms with Gasteiger partial charge in [-0.25, -0.2) is 4.98 Å². The van der Waals surface area contributed by atoms with Gasteiger partial charge in [-0.05, 0) is 31.0 Å². The van der Waals surface area contributed by atoms with Crippen LogP contribution in [0.1, 0.15) is 18.4 Å². The molecule has 82 valence electrons. The van der Waals surface area contributed by atoms with Gasteiger partial charge in [0.05, 0.1) is 5.60 Å². The van der Waals surface area contributed by atoms with E-state index in [0.717, 1.165) is 24.9 Å². The Hall–Kier alpha value is -1.00. The summed E-state index contributed by atoms with van der Waals surface area (Å²) in [4.78, 5) is 3.58. The van der Waals surface area contributed by atoms with E-state index >= 15 is 0 Å². The lowest BCUT2D eigenvalue weighted by molar-refractivity contribution is 0.0168. The minimum absolute atomic E-state index is 0.479. The summed E-state index contributed by atoms with van der Waals surface area (Å²) in [6, 6.07) is 3.00. The summed E-state index contributed by atoms with van der Waals surface area (Å²) in [6.45, 7) is 1.56. The van der Waals surface area contributed by atoms with Gasteiger partial charge < -0.3 is 10.4 Å². The first kappa shape index (κ1) is 10.5. The number of aliphatic hydroxyl groups is 1. The van der Waals surface area contributed by atoms with Crippen LogP contribution in [-0.4, -0.2) is 28.8 Å². The van der Waals surface area contributed by atoms with Crippen LogP contribution in [0.4, 0.5) is 4.39 Å². The summed E-state index contributed by atoms with van der Waals surface area (Å²) in [5.41, 5.74) is 0.181. The molecule has 2 heterocycles. The largest absolute Gasteiger partial charge is 0.388 e. The van der Waals surface area contributed by atoms with E-state index in [-0.39, 0.29) is 0 Å². The average Bonchev–Trinajstić information content (AvgIpc) is 2.22. The molecular formula is C11H15FN2O. The number of piperidine rings is 1. The highest BCUT2D eigenvalue weighted by molar-refractivity contribution is 5.13. The van der Waals surface area contributed by atoms with Gasteiger partial charge in [0.15, 0.2) is 0 Å². The first-order valence-electron chi connectivity index (χ1n) is 5.22. The predicted octanol–water partition coefficient (Wildman–Crippen LogP) is 0.878. The summed E-state index contributed by atoms with van der Waals surface area (Å²) in [7, 11) is 0. The first-order chi connectivity index (χ1) is 7.18. The molecule has 1 unspecified atom stereocenters. The van der Waals surface area contributed by atoms with E-state index in [2.05, 4.69) is 10.3 Å². The molecule has 1 atom stereocenters. The Kier molecular flexibility index (Phi) is 2.98. The van der Waals surface area contributed by atoms with Crippen molar-refractivity contribution in [1.82, 2.24) is 10.3 Å². The summed E-state index contributed by atoms with van der Waals surface area (Å²) < 4.78 is 12.6. The fourth-order valence-corrected chi connectivity index (χ4v) is 1.99. The third kappa shape index (κ3) is 2.73. The van der Waals surface area contributed by atoms with Gasteiger partial charge in [0, 0.05) is 19.2 Å². The summed E-state index contributed by atoms with van der Waals surface area (Å²) in [6.07, 6.45) is 3.79. The second-order valence-corrected chi connectivity index (χ2v) is 4.17. The molecule has 1 aliphatic rings. The van der Waals surface area contributed by atoms with Crippen LogP contribution in [0.25, 0.3) is 0 Å². The zero-order valence-corrected chi connectivity index (χ0v) is 8.54. The topological polar surface area (TPSA) is 45.2 Å². The molecule has 0 saturated carbocycles. The van der Waals surface area contributed by atoms with Crippen LogP contribution in [0.3, 0.4) is 0 Å². The van der Waals surface area contributed by atoms with Crippen LogP contribution < -0.4 is 5.32 Å². The van der Waals surface area contributed by atoms with Crippen LogP contribution in [0.2, 0.25) is 0 Å². The third-order valence-electron chi connectivity index (χ3n) is 2.77. The van der Waals surface area contributed by atoms with Crippen molar-refractivity contribution in [2.75, 3.05) is 13.1 Å². The number of aromatic nitrogens is 1. The van der Waals surface area contributed by atoms with E-state index in [1.807, 2.05) is 0 Å². The number of nitrogens with one attached hydrogen (secondary N) is 1. The number of hydrogen-bond donors (Lipinski definition) is 2. The van der Waals surface area contributed by atoms with Crippen molar-refractivity contribution in [3.05, 3.63) is 29.8 Å². The van der Waals surface area contributed by atoms with Crippen molar-refractivity contribution in [3.63, 3.8) is 0 Å². The van der Waals surface area contributed by atoms with E-state index < -0.39 is 11.5 Å². The zero-order valence-electron chi connectivity index (χ0n) is 8.54. The van der Waals surface area contributed by atoms with E-state index in [1.165, 1.54) is 12.3 Å².